The van der Waals surface area contributed by atoms with Crippen molar-refractivity contribution < 1.29 is 5.11 Å². The average molecular weight is 248 g/mol. The van der Waals surface area contributed by atoms with Crippen LogP contribution in [-0.2, 0) is 0 Å². The number of hydrogen-bond donors (Lipinski definition) is 1. The van der Waals surface area contributed by atoms with E-state index < -0.39 is 6.10 Å². The Balaban J connectivity index is 2.40. The monoisotopic (exact) mass is 247 g/mol. The van der Waals surface area contributed by atoms with Crippen LogP contribution in [0.1, 0.15) is 28.4 Å². The van der Waals surface area contributed by atoms with Gasteiger partial charge in [-0.15, -0.1) is 0 Å². The second-order valence-electron chi connectivity index (χ2n) is 4.14. The molecular formula is C14H14ClNO. The smallest absolute Gasteiger partial charge is 0.106 e. The van der Waals surface area contributed by atoms with Crippen molar-refractivity contribution in [2.24, 2.45) is 0 Å². The first-order valence-electron chi connectivity index (χ1n) is 5.44. The molecule has 0 spiro atoms. The van der Waals surface area contributed by atoms with Gasteiger partial charge in [0.2, 0.25) is 0 Å². The summed E-state index contributed by atoms with van der Waals surface area (Å²) in [6.45, 7) is 3.89. The van der Waals surface area contributed by atoms with Gasteiger partial charge in [-0.3, -0.25) is 4.98 Å². The van der Waals surface area contributed by atoms with Crippen molar-refractivity contribution in [1.29, 1.82) is 0 Å². The lowest BCUT2D eigenvalue weighted by atomic mass is 9.98. The third-order valence-corrected chi connectivity index (χ3v) is 3.30. The highest BCUT2D eigenvalue weighted by Crippen LogP contribution is 2.26. The van der Waals surface area contributed by atoms with Crippen LogP contribution in [0.4, 0.5) is 0 Å². The van der Waals surface area contributed by atoms with E-state index in [0.717, 1.165) is 22.3 Å². The maximum absolute atomic E-state index is 10.3. The van der Waals surface area contributed by atoms with Crippen LogP contribution in [0.15, 0.2) is 36.7 Å². The first kappa shape index (κ1) is 12.1. The second-order valence-corrected chi connectivity index (χ2v) is 4.55. The van der Waals surface area contributed by atoms with Gasteiger partial charge in [0, 0.05) is 23.0 Å². The lowest BCUT2D eigenvalue weighted by Crippen LogP contribution is -2.02. The number of aromatic nitrogens is 1. The average Bonchev–Trinajstić information content (AvgIpc) is 2.32. The molecule has 2 aromatic rings. The van der Waals surface area contributed by atoms with Crippen molar-refractivity contribution >= 4 is 11.6 Å². The molecule has 0 aliphatic heterocycles. The Morgan fingerprint density at radius 1 is 1.18 bits per heavy atom. The minimum absolute atomic E-state index is 0.653. The number of rotatable bonds is 2. The molecule has 1 heterocycles. The van der Waals surface area contributed by atoms with Crippen molar-refractivity contribution in [1.82, 2.24) is 4.98 Å². The molecule has 2 rings (SSSR count). The molecule has 0 aliphatic rings. The predicted molar refractivity (Wildman–Crippen MR) is 69.2 cm³/mol. The highest BCUT2D eigenvalue weighted by molar-refractivity contribution is 6.31. The molecule has 1 atom stereocenters. The molecule has 0 saturated heterocycles. The number of hydrogen-bond acceptors (Lipinski definition) is 2. The maximum atomic E-state index is 10.3. The summed E-state index contributed by atoms with van der Waals surface area (Å²) < 4.78 is 0. The molecule has 0 radical (unpaired) electrons. The first-order valence-corrected chi connectivity index (χ1v) is 5.82. The molecule has 0 amide bonds. The van der Waals surface area contributed by atoms with Crippen LogP contribution in [0.5, 0.6) is 0 Å². The summed E-state index contributed by atoms with van der Waals surface area (Å²) in [5, 5.41) is 11.0. The summed E-state index contributed by atoms with van der Waals surface area (Å²) in [5.74, 6) is 0. The standard InChI is InChI=1S/C14H14ClNO/c1-9-5-6-16-8-12(9)14(17)11-3-4-13(15)10(2)7-11/h3-8,14,17H,1-2H3. The molecule has 0 aliphatic carbocycles. The van der Waals surface area contributed by atoms with E-state index in [1.165, 1.54) is 0 Å². The minimum Gasteiger partial charge on any atom is -0.384 e. The van der Waals surface area contributed by atoms with Gasteiger partial charge in [0.05, 0.1) is 0 Å². The second kappa shape index (κ2) is 4.86. The van der Waals surface area contributed by atoms with Crippen LogP contribution in [0, 0.1) is 13.8 Å². The number of aliphatic hydroxyl groups excluding tert-OH is 1. The Hall–Kier alpha value is -1.38. The number of aryl methyl sites for hydroxylation is 2. The highest BCUT2D eigenvalue weighted by atomic mass is 35.5. The SMILES string of the molecule is Cc1cc(C(O)c2cnccc2C)ccc1Cl. The molecule has 0 bridgehead atoms. The van der Waals surface area contributed by atoms with E-state index in [1.807, 2.05) is 32.0 Å². The normalized spacial score (nSPS) is 12.5. The molecule has 3 heteroatoms. The molecule has 1 aromatic heterocycles. The quantitative estimate of drug-likeness (QED) is 0.882. The largest absolute Gasteiger partial charge is 0.384 e. The van der Waals surface area contributed by atoms with E-state index in [4.69, 9.17) is 11.6 Å². The van der Waals surface area contributed by atoms with E-state index in [1.54, 1.807) is 18.5 Å². The Kier molecular flexibility index (Phi) is 3.46. The van der Waals surface area contributed by atoms with Gasteiger partial charge in [0.25, 0.3) is 0 Å². The van der Waals surface area contributed by atoms with Crippen molar-refractivity contribution in [3.05, 3.63) is 63.9 Å². The summed E-state index contributed by atoms with van der Waals surface area (Å²) in [5.41, 5.74) is 3.65. The lowest BCUT2D eigenvalue weighted by molar-refractivity contribution is 0.219. The van der Waals surface area contributed by atoms with Crippen LogP contribution in [-0.4, -0.2) is 10.1 Å². The number of nitrogens with zero attached hydrogens (tertiary/aromatic N) is 1. The van der Waals surface area contributed by atoms with Crippen molar-refractivity contribution in [3.63, 3.8) is 0 Å². The zero-order valence-corrected chi connectivity index (χ0v) is 10.6. The van der Waals surface area contributed by atoms with Gasteiger partial charge in [-0.2, -0.15) is 0 Å². The number of pyridine rings is 1. The van der Waals surface area contributed by atoms with E-state index in [0.29, 0.717) is 5.02 Å². The Morgan fingerprint density at radius 2 is 1.94 bits per heavy atom. The van der Waals surface area contributed by atoms with Gasteiger partial charge in [-0.25, -0.2) is 0 Å². The predicted octanol–water partition coefficient (Wildman–Crippen LogP) is 3.43. The lowest BCUT2D eigenvalue weighted by Gasteiger charge is -2.14. The zero-order valence-electron chi connectivity index (χ0n) is 9.81. The molecule has 88 valence electrons. The van der Waals surface area contributed by atoms with Gasteiger partial charge < -0.3 is 5.11 Å². The molecule has 0 fully saturated rings. The Morgan fingerprint density at radius 3 is 2.59 bits per heavy atom. The van der Waals surface area contributed by atoms with E-state index in [2.05, 4.69) is 4.98 Å². The third kappa shape index (κ3) is 2.48. The molecule has 17 heavy (non-hydrogen) atoms. The van der Waals surface area contributed by atoms with E-state index in [-0.39, 0.29) is 0 Å². The molecule has 1 unspecified atom stereocenters. The minimum atomic E-state index is -0.653. The van der Waals surface area contributed by atoms with Crippen LogP contribution in [0.25, 0.3) is 0 Å². The fourth-order valence-electron chi connectivity index (χ4n) is 1.78. The van der Waals surface area contributed by atoms with Gasteiger partial charge in [-0.1, -0.05) is 23.7 Å². The molecule has 1 aromatic carbocycles. The molecule has 2 nitrogen and oxygen atoms in total. The zero-order chi connectivity index (χ0) is 12.4. The molecular weight excluding hydrogens is 234 g/mol. The summed E-state index contributed by atoms with van der Waals surface area (Å²) in [6.07, 6.45) is 2.77. The number of benzene rings is 1. The summed E-state index contributed by atoms with van der Waals surface area (Å²) in [7, 11) is 0. The van der Waals surface area contributed by atoms with Crippen LogP contribution >= 0.6 is 11.6 Å². The molecule has 1 N–H and O–H groups in total. The van der Waals surface area contributed by atoms with Gasteiger partial charge in [0.15, 0.2) is 0 Å². The van der Waals surface area contributed by atoms with Gasteiger partial charge in [-0.05, 0) is 42.7 Å². The Labute approximate surface area is 106 Å². The summed E-state index contributed by atoms with van der Waals surface area (Å²) >= 11 is 5.97. The van der Waals surface area contributed by atoms with E-state index in [9.17, 15) is 5.11 Å². The van der Waals surface area contributed by atoms with E-state index >= 15 is 0 Å². The van der Waals surface area contributed by atoms with Crippen LogP contribution in [0.3, 0.4) is 0 Å². The topological polar surface area (TPSA) is 33.1 Å². The van der Waals surface area contributed by atoms with Gasteiger partial charge in [0.1, 0.15) is 6.10 Å². The fourth-order valence-corrected chi connectivity index (χ4v) is 1.90. The van der Waals surface area contributed by atoms with Crippen molar-refractivity contribution in [3.8, 4) is 0 Å². The number of halogens is 1. The fraction of sp³-hybridized carbons (Fsp3) is 0.214. The van der Waals surface area contributed by atoms with Crippen LogP contribution in [0.2, 0.25) is 5.02 Å². The Bertz CT molecular complexity index is 539. The van der Waals surface area contributed by atoms with Crippen LogP contribution < -0.4 is 0 Å². The third-order valence-electron chi connectivity index (χ3n) is 2.87. The number of aliphatic hydroxyl groups is 1. The highest BCUT2D eigenvalue weighted by Gasteiger charge is 2.13. The maximum Gasteiger partial charge on any atom is 0.106 e. The molecule has 0 saturated carbocycles. The summed E-state index contributed by atoms with van der Waals surface area (Å²) in [4.78, 5) is 4.05. The first-order chi connectivity index (χ1) is 8.09. The van der Waals surface area contributed by atoms with Gasteiger partial charge >= 0.3 is 0 Å². The van der Waals surface area contributed by atoms with Crippen molar-refractivity contribution in [2.45, 2.75) is 20.0 Å². The van der Waals surface area contributed by atoms with Crippen molar-refractivity contribution in [2.75, 3.05) is 0 Å². The summed E-state index contributed by atoms with van der Waals surface area (Å²) in [6, 6.07) is 7.44.